The number of aromatic nitrogens is 2. The van der Waals surface area contributed by atoms with Crippen molar-refractivity contribution >= 4 is 17.5 Å². The van der Waals surface area contributed by atoms with Gasteiger partial charge in [-0.25, -0.2) is 4.79 Å². The van der Waals surface area contributed by atoms with Crippen LogP contribution in [0.15, 0.2) is 35.4 Å². The van der Waals surface area contributed by atoms with Gasteiger partial charge in [0, 0.05) is 18.9 Å². The van der Waals surface area contributed by atoms with E-state index in [1.54, 1.807) is 44.4 Å². The average Bonchev–Trinajstić information content (AvgIpc) is 2.88. The number of halogens is 1. The van der Waals surface area contributed by atoms with Gasteiger partial charge in [0.05, 0.1) is 34.0 Å². The number of carbonyl (C=O) groups excluding carboxylic acids is 1. The van der Waals surface area contributed by atoms with E-state index in [0.717, 1.165) is 25.7 Å². The van der Waals surface area contributed by atoms with Crippen LogP contribution in [0.1, 0.15) is 62.7 Å². The zero-order valence-corrected chi connectivity index (χ0v) is 18.3. The quantitative estimate of drug-likeness (QED) is 0.608. The average molecular weight is 436 g/mol. The Kier molecular flexibility index (Phi) is 6.75. The molecule has 0 radical (unpaired) electrons. The predicted octanol–water partition coefficient (Wildman–Crippen LogP) is 2.88. The van der Waals surface area contributed by atoms with Gasteiger partial charge >= 0.3 is 5.69 Å². The second-order valence-corrected chi connectivity index (χ2v) is 9.28. The van der Waals surface area contributed by atoms with E-state index in [2.05, 4.69) is 5.32 Å². The topological polar surface area (TPSA) is 96.5 Å². The SMILES string of the molecule is CC(C)(O)Cn1ccn(-c2ccc(Cl)c(C(=O)NCC3(O)CCCCCC3)c2)c1=O. The third kappa shape index (κ3) is 5.53. The van der Waals surface area contributed by atoms with Gasteiger partial charge in [0.15, 0.2) is 0 Å². The first-order valence-corrected chi connectivity index (χ1v) is 10.8. The van der Waals surface area contributed by atoms with Crippen molar-refractivity contribution in [2.45, 2.75) is 70.1 Å². The minimum atomic E-state index is -1.03. The van der Waals surface area contributed by atoms with Crippen molar-refractivity contribution in [3.8, 4) is 5.69 Å². The molecule has 7 nitrogen and oxygen atoms in total. The van der Waals surface area contributed by atoms with Gasteiger partial charge in [0.25, 0.3) is 5.91 Å². The summed E-state index contributed by atoms with van der Waals surface area (Å²) in [5.41, 5.74) is -1.50. The maximum atomic E-state index is 12.8. The van der Waals surface area contributed by atoms with Gasteiger partial charge in [0.2, 0.25) is 0 Å². The van der Waals surface area contributed by atoms with Crippen LogP contribution < -0.4 is 11.0 Å². The van der Waals surface area contributed by atoms with Crippen LogP contribution in [0.25, 0.3) is 5.69 Å². The Labute approximate surface area is 181 Å². The molecule has 0 unspecified atom stereocenters. The fraction of sp³-hybridized carbons (Fsp3) is 0.545. The van der Waals surface area contributed by atoms with Crippen molar-refractivity contribution in [3.05, 3.63) is 51.7 Å². The van der Waals surface area contributed by atoms with Gasteiger partial charge in [-0.2, -0.15) is 0 Å². The van der Waals surface area contributed by atoms with E-state index in [1.165, 1.54) is 9.13 Å². The van der Waals surface area contributed by atoms with Crippen molar-refractivity contribution in [1.82, 2.24) is 14.5 Å². The molecule has 0 atom stereocenters. The fourth-order valence-corrected chi connectivity index (χ4v) is 4.09. The molecule has 1 fully saturated rings. The first kappa shape index (κ1) is 22.6. The molecular weight excluding hydrogens is 406 g/mol. The number of nitrogens with one attached hydrogen (secondary N) is 1. The van der Waals surface area contributed by atoms with Crippen LogP contribution in [0, 0.1) is 0 Å². The third-order valence-corrected chi connectivity index (χ3v) is 5.82. The molecule has 1 aliphatic carbocycles. The highest BCUT2D eigenvalue weighted by molar-refractivity contribution is 6.33. The molecule has 1 saturated carbocycles. The van der Waals surface area contributed by atoms with Crippen LogP contribution in [-0.2, 0) is 6.54 Å². The maximum absolute atomic E-state index is 12.8. The van der Waals surface area contributed by atoms with Gasteiger partial charge in [0.1, 0.15) is 0 Å². The van der Waals surface area contributed by atoms with E-state index >= 15 is 0 Å². The molecule has 1 aromatic heterocycles. The summed E-state index contributed by atoms with van der Waals surface area (Å²) in [6.07, 6.45) is 8.64. The Morgan fingerprint density at radius 2 is 1.87 bits per heavy atom. The summed E-state index contributed by atoms with van der Waals surface area (Å²) >= 11 is 6.24. The number of imidazole rings is 1. The number of amides is 1. The van der Waals surface area contributed by atoms with Crippen LogP contribution in [0.2, 0.25) is 5.02 Å². The van der Waals surface area contributed by atoms with E-state index < -0.39 is 11.2 Å². The van der Waals surface area contributed by atoms with Crippen LogP contribution in [0.5, 0.6) is 0 Å². The molecule has 3 rings (SSSR count). The van der Waals surface area contributed by atoms with E-state index in [-0.39, 0.29) is 35.3 Å². The lowest BCUT2D eigenvalue weighted by molar-refractivity contribution is 0.0246. The fourth-order valence-electron chi connectivity index (χ4n) is 3.89. The van der Waals surface area contributed by atoms with Crippen molar-refractivity contribution in [3.63, 3.8) is 0 Å². The number of rotatable bonds is 6. The molecule has 1 aliphatic rings. The first-order valence-electron chi connectivity index (χ1n) is 10.4. The number of aliphatic hydroxyl groups is 2. The molecule has 164 valence electrons. The highest BCUT2D eigenvalue weighted by Crippen LogP contribution is 2.27. The predicted molar refractivity (Wildman–Crippen MR) is 116 cm³/mol. The van der Waals surface area contributed by atoms with Crippen molar-refractivity contribution in [1.29, 1.82) is 0 Å². The highest BCUT2D eigenvalue weighted by atomic mass is 35.5. The molecule has 1 amide bonds. The van der Waals surface area contributed by atoms with E-state index in [9.17, 15) is 19.8 Å². The Bertz CT molecular complexity index is 950. The second-order valence-electron chi connectivity index (χ2n) is 8.88. The molecule has 1 heterocycles. The lowest BCUT2D eigenvalue weighted by atomic mass is 9.94. The molecule has 0 bridgehead atoms. The highest BCUT2D eigenvalue weighted by Gasteiger charge is 2.29. The molecule has 1 aromatic carbocycles. The molecular formula is C22H30ClN3O4. The van der Waals surface area contributed by atoms with Gasteiger partial charge in [-0.05, 0) is 44.9 Å². The lowest BCUT2D eigenvalue weighted by Gasteiger charge is -2.26. The van der Waals surface area contributed by atoms with Gasteiger partial charge in [-0.1, -0.05) is 37.3 Å². The normalized spacial score (nSPS) is 16.8. The Morgan fingerprint density at radius 3 is 2.50 bits per heavy atom. The maximum Gasteiger partial charge on any atom is 0.332 e. The van der Waals surface area contributed by atoms with Crippen LogP contribution >= 0.6 is 11.6 Å². The monoisotopic (exact) mass is 435 g/mol. The van der Waals surface area contributed by atoms with E-state index in [0.29, 0.717) is 18.5 Å². The smallest absolute Gasteiger partial charge is 0.332 e. The molecule has 0 aliphatic heterocycles. The minimum absolute atomic E-state index is 0.151. The Hall–Kier alpha value is -2.09. The third-order valence-electron chi connectivity index (χ3n) is 5.49. The number of carbonyl (C=O) groups is 1. The van der Waals surface area contributed by atoms with Gasteiger partial charge in [-0.15, -0.1) is 0 Å². The summed E-state index contributed by atoms with van der Waals surface area (Å²) in [5.74, 6) is -0.386. The number of hydrogen-bond donors (Lipinski definition) is 3. The molecule has 30 heavy (non-hydrogen) atoms. The van der Waals surface area contributed by atoms with Crippen LogP contribution in [-0.4, -0.2) is 43.0 Å². The number of nitrogens with zero attached hydrogens (tertiary/aromatic N) is 2. The molecule has 2 aromatic rings. The summed E-state index contributed by atoms with van der Waals surface area (Å²) in [6, 6.07) is 4.80. The summed E-state index contributed by atoms with van der Waals surface area (Å²) in [4.78, 5) is 25.4. The largest absolute Gasteiger partial charge is 0.389 e. The summed E-state index contributed by atoms with van der Waals surface area (Å²) < 4.78 is 2.81. The molecule has 0 saturated heterocycles. The van der Waals surface area contributed by atoms with Crippen molar-refractivity contribution < 1.29 is 15.0 Å². The standard InChI is InChI=1S/C22H30ClN3O4/c1-21(2,29)15-25-11-12-26(20(25)28)16-7-8-18(23)17(13-16)19(27)24-14-22(30)9-5-3-4-6-10-22/h7-8,11-13,29-30H,3-6,9-10,14-15H2,1-2H3,(H,24,27). The van der Waals surface area contributed by atoms with Crippen LogP contribution in [0.4, 0.5) is 0 Å². The zero-order valence-electron chi connectivity index (χ0n) is 17.5. The molecule has 0 spiro atoms. The lowest BCUT2D eigenvalue weighted by Crippen LogP contribution is -2.42. The molecule has 8 heteroatoms. The number of hydrogen-bond acceptors (Lipinski definition) is 4. The van der Waals surface area contributed by atoms with Crippen LogP contribution in [0.3, 0.4) is 0 Å². The van der Waals surface area contributed by atoms with Gasteiger partial charge in [-0.3, -0.25) is 13.9 Å². The van der Waals surface area contributed by atoms with Gasteiger partial charge < -0.3 is 15.5 Å². The second kappa shape index (κ2) is 8.96. The molecule has 3 N–H and O–H groups in total. The van der Waals surface area contributed by atoms with E-state index in [4.69, 9.17) is 11.6 Å². The Balaban J connectivity index is 1.78. The van der Waals surface area contributed by atoms with Crippen molar-refractivity contribution in [2.24, 2.45) is 0 Å². The van der Waals surface area contributed by atoms with E-state index in [1.807, 2.05) is 0 Å². The summed E-state index contributed by atoms with van der Waals surface area (Å²) in [5, 5.41) is 23.8. The minimum Gasteiger partial charge on any atom is -0.389 e. The first-order chi connectivity index (χ1) is 14.1. The zero-order chi connectivity index (χ0) is 21.9. The summed E-state index contributed by atoms with van der Waals surface area (Å²) in [6.45, 7) is 3.58. The Morgan fingerprint density at radius 1 is 1.20 bits per heavy atom. The number of benzene rings is 1. The summed E-state index contributed by atoms with van der Waals surface area (Å²) in [7, 11) is 0. The van der Waals surface area contributed by atoms with Crippen molar-refractivity contribution in [2.75, 3.05) is 6.54 Å².